The monoisotopic (exact) mass is 297 g/mol. The molecule has 0 atom stereocenters. The Balaban J connectivity index is 2.02. The first-order chi connectivity index (χ1) is 9.95. The molecule has 112 valence electrons. The molecule has 0 saturated heterocycles. The summed E-state index contributed by atoms with van der Waals surface area (Å²) < 4.78 is 32.2. The van der Waals surface area contributed by atoms with Gasteiger partial charge in [-0.1, -0.05) is 0 Å². The van der Waals surface area contributed by atoms with Gasteiger partial charge in [0.1, 0.15) is 0 Å². The third-order valence-corrected chi connectivity index (χ3v) is 2.73. The summed E-state index contributed by atoms with van der Waals surface area (Å²) in [5, 5.41) is 11.1. The summed E-state index contributed by atoms with van der Waals surface area (Å²) in [7, 11) is 0. The van der Waals surface area contributed by atoms with Crippen molar-refractivity contribution < 1.29 is 28.2 Å². The summed E-state index contributed by atoms with van der Waals surface area (Å²) >= 11 is 0. The molecule has 0 aliphatic heterocycles. The predicted molar refractivity (Wildman–Crippen MR) is 69.7 cm³/mol. The fourth-order valence-electron chi connectivity index (χ4n) is 1.62. The third-order valence-electron chi connectivity index (χ3n) is 2.73. The summed E-state index contributed by atoms with van der Waals surface area (Å²) in [6, 6.07) is 1.99. The van der Waals surface area contributed by atoms with Crippen LogP contribution in [0.2, 0.25) is 0 Å². The molecule has 7 heteroatoms. The Morgan fingerprint density at radius 2 is 1.95 bits per heavy atom. The number of carboxylic acid groups (broad SMARTS) is 1. The molecule has 2 N–H and O–H groups in total. The average molecular weight is 297 g/mol. The van der Waals surface area contributed by atoms with Crippen LogP contribution in [0.1, 0.15) is 18.4 Å². The number of hydrogen-bond acceptors (Lipinski definition) is 3. The predicted octanol–water partition coefficient (Wildman–Crippen LogP) is 1.72. The lowest BCUT2D eigenvalue weighted by atomic mass is 10.2. The number of carbonyl (C=O) groups excluding carboxylic acids is 1. The van der Waals surface area contributed by atoms with Gasteiger partial charge < -0.3 is 15.2 Å². The Morgan fingerprint density at radius 3 is 2.48 bits per heavy atom. The van der Waals surface area contributed by atoms with Crippen LogP contribution in [-0.4, -0.2) is 29.6 Å². The Kier molecular flexibility index (Phi) is 4.52. The van der Waals surface area contributed by atoms with E-state index in [4.69, 9.17) is 9.84 Å². The Labute approximate surface area is 119 Å². The summed E-state index contributed by atoms with van der Waals surface area (Å²) in [5.41, 5.74) is 0.0437. The first-order valence-corrected chi connectivity index (χ1v) is 6.28. The summed E-state index contributed by atoms with van der Waals surface area (Å²) in [6.07, 6.45) is 3.62. The fraction of sp³-hybridized carbons (Fsp3) is 0.286. The second-order valence-corrected chi connectivity index (χ2v) is 4.62. The van der Waals surface area contributed by atoms with Gasteiger partial charge in [-0.15, -0.1) is 0 Å². The molecule has 0 aromatic heterocycles. The molecule has 1 aliphatic rings. The number of halogens is 2. The van der Waals surface area contributed by atoms with Crippen LogP contribution in [0.25, 0.3) is 6.08 Å². The van der Waals surface area contributed by atoms with Crippen LogP contribution in [0, 0.1) is 11.6 Å². The number of ether oxygens (including phenoxy) is 1. The lowest BCUT2D eigenvalue weighted by Gasteiger charge is -2.09. The summed E-state index contributed by atoms with van der Waals surface area (Å²) in [5.74, 6) is -4.33. The molecule has 0 unspecified atom stereocenters. The van der Waals surface area contributed by atoms with Gasteiger partial charge >= 0.3 is 5.97 Å². The molecule has 2 rings (SSSR count). The van der Waals surface area contributed by atoms with Crippen LogP contribution in [-0.2, 0) is 9.59 Å². The summed E-state index contributed by atoms with van der Waals surface area (Å²) in [4.78, 5) is 21.7. The fourth-order valence-corrected chi connectivity index (χ4v) is 1.62. The minimum Gasteiger partial charge on any atom is -0.478 e. The van der Waals surface area contributed by atoms with E-state index in [2.05, 4.69) is 5.32 Å². The van der Waals surface area contributed by atoms with Crippen molar-refractivity contribution in [2.45, 2.75) is 18.9 Å². The van der Waals surface area contributed by atoms with Crippen LogP contribution in [0.5, 0.6) is 5.75 Å². The number of nitrogens with one attached hydrogen (secondary N) is 1. The lowest BCUT2D eigenvalue weighted by Crippen LogP contribution is -2.30. The van der Waals surface area contributed by atoms with Gasteiger partial charge in [0.25, 0.3) is 5.91 Å². The van der Waals surface area contributed by atoms with Gasteiger partial charge in [0.2, 0.25) is 0 Å². The number of carbonyl (C=O) groups is 2. The maximum atomic E-state index is 13.7. The molecule has 1 aliphatic carbocycles. The second kappa shape index (κ2) is 6.34. The maximum absolute atomic E-state index is 13.7. The minimum atomic E-state index is -1.23. The summed E-state index contributed by atoms with van der Waals surface area (Å²) in [6.45, 7) is -0.478. The number of benzene rings is 1. The van der Waals surface area contributed by atoms with Crippen molar-refractivity contribution in [3.05, 3.63) is 35.4 Å². The zero-order chi connectivity index (χ0) is 15.4. The van der Waals surface area contributed by atoms with Crippen molar-refractivity contribution in [2.24, 2.45) is 0 Å². The van der Waals surface area contributed by atoms with Crippen molar-refractivity contribution >= 4 is 18.0 Å². The van der Waals surface area contributed by atoms with Crippen molar-refractivity contribution in [1.82, 2.24) is 5.32 Å². The van der Waals surface area contributed by atoms with Crippen molar-refractivity contribution in [3.8, 4) is 5.75 Å². The topological polar surface area (TPSA) is 75.6 Å². The molecule has 1 aromatic rings. The largest absolute Gasteiger partial charge is 0.478 e. The Morgan fingerprint density at radius 1 is 1.33 bits per heavy atom. The van der Waals surface area contributed by atoms with Crippen LogP contribution in [0.4, 0.5) is 8.78 Å². The third kappa shape index (κ3) is 4.55. The molecule has 5 nitrogen and oxygen atoms in total. The average Bonchev–Trinajstić information content (AvgIpc) is 3.19. The normalized spacial score (nSPS) is 14.2. The van der Waals surface area contributed by atoms with Crippen molar-refractivity contribution in [3.63, 3.8) is 0 Å². The molecular weight excluding hydrogens is 284 g/mol. The zero-order valence-electron chi connectivity index (χ0n) is 10.9. The molecule has 0 radical (unpaired) electrons. The van der Waals surface area contributed by atoms with Crippen LogP contribution in [0.15, 0.2) is 18.2 Å². The molecule has 0 bridgehead atoms. The number of rotatable bonds is 6. The molecule has 1 saturated carbocycles. The molecule has 1 amide bonds. The highest BCUT2D eigenvalue weighted by atomic mass is 19.1. The SMILES string of the molecule is O=C(O)C=Cc1cc(F)c(OCC(=O)NC2CC2)c(F)c1. The highest BCUT2D eigenvalue weighted by Crippen LogP contribution is 2.24. The van der Waals surface area contributed by atoms with E-state index in [-0.39, 0.29) is 11.6 Å². The smallest absolute Gasteiger partial charge is 0.328 e. The van der Waals surface area contributed by atoms with Gasteiger partial charge in [-0.05, 0) is 36.6 Å². The molecule has 21 heavy (non-hydrogen) atoms. The first-order valence-electron chi connectivity index (χ1n) is 6.28. The van der Waals surface area contributed by atoms with E-state index in [0.717, 1.165) is 37.1 Å². The van der Waals surface area contributed by atoms with E-state index < -0.39 is 35.9 Å². The highest BCUT2D eigenvalue weighted by molar-refractivity contribution is 5.85. The van der Waals surface area contributed by atoms with Gasteiger partial charge in [0.15, 0.2) is 24.0 Å². The van der Waals surface area contributed by atoms with Crippen LogP contribution < -0.4 is 10.1 Å². The van der Waals surface area contributed by atoms with E-state index in [1.807, 2.05) is 0 Å². The minimum absolute atomic E-state index is 0.0437. The van der Waals surface area contributed by atoms with E-state index in [1.54, 1.807) is 0 Å². The lowest BCUT2D eigenvalue weighted by molar-refractivity contribution is -0.131. The molecule has 0 heterocycles. The van der Waals surface area contributed by atoms with E-state index in [1.165, 1.54) is 0 Å². The van der Waals surface area contributed by atoms with Crippen LogP contribution in [0.3, 0.4) is 0 Å². The highest BCUT2D eigenvalue weighted by Gasteiger charge is 2.23. The van der Waals surface area contributed by atoms with Crippen molar-refractivity contribution in [2.75, 3.05) is 6.61 Å². The maximum Gasteiger partial charge on any atom is 0.328 e. The van der Waals surface area contributed by atoms with Gasteiger partial charge in [-0.2, -0.15) is 0 Å². The molecule has 1 fully saturated rings. The quantitative estimate of drug-likeness (QED) is 0.784. The van der Waals surface area contributed by atoms with Gasteiger partial charge in [-0.3, -0.25) is 4.79 Å². The molecule has 1 aromatic carbocycles. The van der Waals surface area contributed by atoms with Crippen LogP contribution >= 0.6 is 0 Å². The van der Waals surface area contributed by atoms with E-state index >= 15 is 0 Å². The first kappa shape index (κ1) is 15.0. The Bertz CT molecular complexity index is 574. The van der Waals surface area contributed by atoms with E-state index in [0.29, 0.717) is 0 Å². The molecule has 0 spiro atoms. The van der Waals surface area contributed by atoms with Gasteiger partial charge in [-0.25, -0.2) is 13.6 Å². The van der Waals surface area contributed by atoms with E-state index in [9.17, 15) is 18.4 Å². The van der Waals surface area contributed by atoms with Gasteiger partial charge in [0.05, 0.1) is 0 Å². The number of carboxylic acids is 1. The number of amides is 1. The number of aliphatic carboxylic acids is 1. The standard InChI is InChI=1S/C14H13F2NO4/c15-10-5-8(1-4-13(19)20)6-11(16)14(10)21-7-12(18)17-9-2-3-9/h1,4-6,9H,2-3,7H2,(H,17,18)(H,19,20). The zero-order valence-corrected chi connectivity index (χ0v) is 10.9. The van der Waals surface area contributed by atoms with Gasteiger partial charge in [0, 0.05) is 12.1 Å². The molecular formula is C14H13F2NO4. The Hall–Kier alpha value is -2.44. The second-order valence-electron chi connectivity index (χ2n) is 4.62. The number of hydrogen-bond donors (Lipinski definition) is 2. The van der Waals surface area contributed by atoms with Crippen molar-refractivity contribution in [1.29, 1.82) is 0 Å².